The van der Waals surface area contributed by atoms with Crippen molar-refractivity contribution in [2.24, 2.45) is 0 Å². The third-order valence-electron chi connectivity index (χ3n) is 3.95. The number of carbonyl (C=O) groups excluding carboxylic acids is 2. The number of benzene rings is 2. The van der Waals surface area contributed by atoms with Gasteiger partial charge in [0, 0.05) is 23.4 Å². The summed E-state index contributed by atoms with van der Waals surface area (Å²) in [5.74, 6) is -1.40. The largest absolute Gasteiger partial charge is 0.347 e. The molecule has 2 aromatic carbocycles. The molecule has 0 saturated carbocycles. The molecule has 0 radical (unpaired) electrons. The molecule has 2 amide bonds. The van der Waals surface area contributed by atoms with E-state index < -0.39 is 17.6 Å². The van der Waals surface area contributed by atoms with Crippen LogP contribution in [0.5, 0.6) is 0 Å². The first-order chi connectivity index (χ1) is 14.0. The number of amides is 2. The Hall–Kier alpha value is -3.32. The molecule has 0 fully saturated rings. The maximum Gasteiger partial charge on any atom is 0.268 e. The number of aromatic nitrogens is 1. The summed E-state index contributed by atoms with van der Waals surface area (Å²) in [6.07, 6.45) is 4.70. The minimum Gasteiger partial charge on any atom is -0.347 e. The first-order valence-electron chi connectivity index (χ1n) is 8.73. The number of hydrogen-bond donors (Lipinski definition) is 2. The fourth-order valence-corrected chi connectivity index (χ4v) is 3.00. The van der Waals surface area contributed by atoms with Crippen LogP contribution in [0.25, 0.3) is 6.08 Å². The Kier molecular flexibility index (Phi) is 6.86. The Balaban J connectivity index is 1.84. The lowest BCUT2D eigenvalue weighted by Gasteiger charge is -2.12. The van der Waals surface area contributed by atoms with Gasteiger partial charge in [0.1, 0.15) is 11.5 Å². The summed E-state index contributed by atoms with van der Waals surface area (Å²) in [5.41, 5.74) is 1.63. The quantitative estimate of drug-likeness (QED) is 0.552. The Morgan fingerprint density at radius 2 is 1.90 bits per heavy atom. The highest BCUT2D eigenvalue weighted by Gasteiger charge is 2.16. The molecular weight excluding hydrogens is 437 g/mol. The van der Waals surface area contributed by atoms with Gasteiger partial charge < -0.3 is 10.6 Å². The molecule has 0 aliphatic rings. The summed E-state index contributed by atoms with van der Waals surface area (Å²) in [5, 5.41) is 5.36. The van der Waals surface area contributed by atoms with Crippen LogP contribution < -0.4 is 10.6 Å². The van der Waals surface area contributed by atoms with Crippen molar-refractivity contribution in [3.05, 3.63) is 106 Å². The SMILES string of the molecule is O=C(NCc1cccnc1)C(=Cc1cccc(F)c1)NC(=O)c1ccccc1Br. The van der Waals surface area contributed by atoms with Gasteiger partial charge >= 0.3 is 0 Å². The zero-order chi connectivity index (χ0) is 20.6. The topological polar surface area (TPSA) is 71.1 Å². The average molecular weight is 454 g/mol. The molecule has 7 heteroatoms. The van der Waals surface area contributed by atoms with E-state index in [0.29, 0.717) is 15.6 Å². The summed E-state index contributed by atoms with van der Waals surface area (Å²) in [6.45, 7) is 0.234. The fraction of sp³-hybridized carbons (Fsp3) is 0.0455. The standard InChI is InChI=1S/C22H17BrFN3O2/c23-19-9-2-1-8-18(19)21(28)27-20(12-15-5-3-7-17(24)11-15)22(29)26-14-16-6-4-10-25-13-16/h1-13H,14H2,(H,26,29)(H,27,28). The van der Waals surface area contributed by atoms with Gasteiger partial charge in [0.15, 0.2) is 0 Å². The molecule has 0 atom stereocenters. The number of halogens is 2. The van der Waals surface area contributed by atoms with Gasteiger partial charge in [-0.3, -0.25) is 14.6 Å². The third-order valence-corrected chi connectivity index (χ3v) is 4.64. The number of hydrogen-bond acceptors (Lipinski definition) is 3. The Labute approximate surface area is 175 Å². The highest BCUT2D eigenvalue weighted by Crippen LogP contribution is 2.16. The van der Waals surface area contributed by atoms with Crippen LogP contribution in [-0.4, -0.2) is 16.8 Å². The number of nitrogens with one attached hydrogen (secondary N) is 2. The number of rotatable bonds is 6. The normalized spacial score (nSPS) is 11.0. The van der Waals surface area contributed by atoms with E-state index in [1.54, 1.807) is 48.8 Å². The van der Waals surface area contributed by atoms with E-state index in [2.05, 4.69) is 31.5 Å². The zero-order valence-corrected chi connectivity index (χ0v) is 16.8. The van der Waals surface area contributed by atoms with E-state index in [0.717, 1.165) is 5.56 Å². The van der Waals surface area contributed by atoms with Crippen molar-refractivity contribution >= 4 is 33.8 Å². The molecule has 29 heavy (non-hydrogen) atoms. The van der Waals surface area contributed by atoms with Gasteiger partial charge in [-0.2, -0.15) is 0 Å². The Morgan fingerprint density at radius 1 is 1.07 bits per heavy atom. The second-order valence-corrected chi connectivity index (χ2v) is 6.95. The van der Waals surface area contributed by atoms with E-state index in [9.17, 15) is 14.0 Å². The molecule has 0 aliphatic carbocycles. The molecule has 146 valence electrons. The van der Waals surface area contributed by atoms with Crippen molar-refractivity contribution in [3.63, 3.8) is 0 Å². The minimum absolute atomic E-state index is 0.000225. The first kappa shape index (κ1) is 20.4. The van der Waals surface area contributed by atoms with E-state index in [-0.39, 0.29) is 12.2 Å². The Bertz CT molecular complexity index is 1050. The summed E-state index contributed by atoms with van der Waals surface area (Å²) >= 11 is 3.32. The summed E-state index contributed by atoms with van der Waals surface area (Å²) in [6, 6.07) is 16.2. The zero-order valence-electron chi connectivity index (χ0n) is 15.2. The molecule has 0 unspecified atom stereocenters. The number of nitrogens with zero attached hydrogens (tertiary/aromatic N) is 1. The van der Waals surface area contributed by atoms with Crippen molar-refractivity contribution in [1.82, 2.24) is 15.6 Å². The van der Waals surface area contributed by atoms with Crippen LogP contribution >= 0.6 is 15.9 Å². The van der Waals surface area contributed by atoms with E-state index in [1.807, 2.05) is 6.07 Å². The van der Waals surface area contributed by atoms with Gasteiger partial charge in [-0.25, -0.2) is 4.39 Å². The first-order valence-corrected chi connectivity index (χ1v) is 9.52. The average Bonchev–Trinajstić information content (AvgIpc) is 2.72. The van der Waals surface area contributed by atoms with Crippen LogP contribution in [0, 0.1) is 5.82 Å². The molecule has 0 saturated heterocycles. The van der Waals surface area contributed by atoms with Crippen LogP contribution in [-0.2, 0) is 11.3 Å². The highest BCUT2D eigenvalue weighted by atomic mass is 79.9. The fourth-order valence-electron chi connectivity index (χ4n) is 2.54. The van der Waals surface area contributed by atoms with Gasteiger partial charge in [0.2, 0.25) is 0 Å². The summed E-state index contributed by atoms with van der Waals surface area (Å²) in [7, 11) is 0. The van der Waals surface area contributed by atoms with Crippen LogP contribution in [0.1, 0.15) is 21.5 Å². The van der Waals surface area contributed by atoms with Crippen molar-refractivity contribution < 1.29 is 14.0 Å². The highest BCUT2D eigenvalue weighted by molar-refractivity contribution is 9.10. The van der Waals surface area contributed by atoms with E-state index in [1.165, 1.54) is 24.3 Å². The molecule has 5 nitrogen and oxygen atoms in total. The monoisotopic (exact) mass is 453 g/mol. The summed E-state index contributed by atoms with van der Waals surface area (Å²) < 4.78 is 14.1. The van der Waals surface area contributed by atoms with Gasteiger partial charge in [0.05, 0.1) is 5.56 Å². The smallest absolute Gasteiger partial charge is 0.268 e. The van der Waals surface area contributed by atoms with Gasteiger partial charge in [-0.05, 0) is 63.5 Å². The summed E-state index contributed by atoms with van der Waals surface area (Å²) in [4.78, 5) is 29.4. The molecular formula is C22H17BrFN3O2. The van der Waals surface area contributed by atoms with Gasteiger partial charge in [-0.15, -0.1) is 0 Å². The lowest BCUT2D eigenvalue weighted by molar-refractivity contribution is -0.117. The third kappa shape index (κ3) is 5.83. The lowest BCUT2D eigenvalue weighted by atomic mass is 10.1. The molecule has 2 N–H and O–H groups in total. The molecule has 0 spiro atoms. The van der Waals surface area contributed by atoms with Gasteiger partial charge in [-0.1, -0.05) is 30.3 Å². The van der Waals surface area contributed by atoms with Crippen molar-refractivity contribution in [1.29, 1.82) is 0 Å². The van der Waals surface area contributed by atoms with Crippen LogP contribution in [0.2, 0.25) is 0 Å². The lowest BCUT2D eigenvalue weighted by Crippen LogP contribution is -2.34. The predicted octanol–water partition coefficient (Wildman–Crippen LogP) is 4.07. The molecule has 1 heterocycles. The van der Waals surface area contributed by atoms with Crippen LogP contribution in [0.4, 0.5) is 4.39 Å². The Morgan fingerprint density at radius 3 is 2.62 bits per heavy atom. The maximum atomic E-state index is 13.5. The predicted molar refractivity (Wildman–Crippen MR) is 112 cm³/mol. The molecule has 3 aromatic rings. The number of carbonyl (C=O) groups is 2. The van der Waals surface area contributed by atoms with Crippen LogP contribution in [0.15, 0.2) is 83.2 Å². The number of pyridine rings is 1. The maximum absolute atomic E-state index is 13.5. The molecule has 3 rings (SSSR count). The van der Waals surface area contributed by atoms with Crippen molar-refractivity contribution in [3.8, 4) is 0 Å². The van der Waals surface area contributed by atoms with Crippen LogP contribution in [0.3, 0.4) is 0 Å². The van der Waals surface area contributed by atoms with Gasteiger partial charge in [0.25, 0.3) is 11.8 Å². The van der Waals surface area contributed by atoms with E-state index >= 15 is 0 Å². The second-order valence-electron chi connectivity index (χ2n) is 6.09. The molecule has 1 aromatic heterocycles. The van der Waals surface area contributed by atoms with Crippen molar-refractivity contribution in [2.45, 2.75) is 6.54 Å². The second kappa shape index (κ2) is 9.75. The van der Waals surface area contributed by atoms with E-state index in [4.69, 9.17) is 0 Å². The molecule has 0 bridgehead atoms. The minimum atomic E-state index is -0.501. The molecule has 0 aliphatic heterocycles. The van der Waals surface area contributed by atoms with Crippen molar-refractivity contribution in [2.75, 3.05) is 0 Å².